The Balaban J connectivity index is 3.50. The molecule has 72 heavy (non-hydrogen) atoms. The highest BCUT2D eigenvalue weighted by Gasteiger charge is 2.18. The lowest BCUT2D eigenvalue weighted by Gasteiger charge is -2.20. The quantitative estimate of drug-likeness (QED) is 0.0244. The third-order valence-corrected chi connectivity index (χ3v) is 14.9. The van der Waals surface area contributed by atoms with Crippen molar-refractivity contribution < 1.29 is 24.5 Å². The van der Waals surface area contributed by atoms with Gasteiger partial charge in [0.05, 0.1) is 25.4 Å². The molecule has 2 unspecified atom stereocenters. The minimum atomic E-state index is -0.853. The first-order valence-electron chi connectivity index (χ1n) is 32.3. The van der Waals surface area contributed by atoms with Crippen LogP contribution in [0.2, 0.25) is 0 Å². The van der Waals surface area contributed by atoms with Crippen LogP contribution in [0.3, 0.4) is 0 Å². The third-order valence-electron chi connectivity index (χ3n) is 14.9. The maximum absolute atomic E-state index is 12.5. The lowest BCUT2D eigenvalue weighted by atomic mass is 10.0. The molecule has 6 nitrogen and oxygen atoms in total. The van der Waals surface area contributed by atoms with E-state index in [2.05, 4.69) is 43.5 Å². The number of rotatable bonds is 60. The molecule has 3 N–H and O–H groups in total. The molecule has 0 heterocycles. The molecule has 6 heteroatoms. The largest absolute Gasteiger partial charge is 0.466 e. The number of aliphatic hydroxyl groups excluding tert-OH is 2. The minimum absolute atomic E-state index is 0.0115. The zero-order chi connectivity index (χ0) is 52.2. The van der Waals surface area contributed by atoms with E-state index in [0.29, 0.717) is 19.4 Å². The highest BCUT2D eigenvalue weighted by Crippen LogP contribution is 2.18. The molecule has 0 spiro atoms. The van der Waals surface area contributed by atoms with Crippen molar-refractivity contribution in [2.45, 2.75) is 360 Å². The number of carbonyl (C=O) groups excluding carboxylic acids is 2. The Morgan fingerprint density at radius 1 is 0.389 bits per heavy atom. The Hall–Kier alpha value is -1.92. The van der Waals surface area contributed by atoms with E-state index in [1.54, 1.807) is 6.08 Å². The molecule has 1 amide bonds. The number of hydrogen-bond donors (Lipinski definition) is 3. The number of hydrogen-bond acceptors (Lipinski definition) is 5. The maximum atomic E-state index is 12.5. The summed E-state index contributed by atoms with van der Waals surface area (Å²) >= 11 is 0. The van der Waals surface area contributed by atoms with E-state index in [-0.39, 0.29) is 18.5 Å². The first-order chi connectivity index (χ1) is 35.5. The van der Waals surface area contributed by atoms with Crippen LogP contribution in [-0.2, 0) is 14.3 Å². The molecular formula is C66H125NO5. The molecule has 0 aliphatic rings. The predicted molar refractivity (Wildman–Crippen MR) is 315 cm³/mol. The lowest BCUT2D eigenvalue weighted by Crippen LogP contribution is -2.45. The highest BCUT2D eigenvalue weighted by atomic mass is 16.5. The van der Waals surface area contributed by atoms with Gasteiger partial charge in [0.1, 0.15) is 0 Å². The molecule has 0 aromatic rings. The Morgan fingerprint density at radius 3 is 1.03 bits per heavy atom. The second-order valence-electron chi connectivity index (χ2n) is 22.1. The summed E-state index contributed by atoms with van der Waals surface area (Å²) in [6.45, 7) is 4.89. The molecule has 0 bridgehead atoms. The van der Waals surface area contributed by atoms with Crippen molar-refractivity contribution in [3.63, 3.8) is 0 Å². The summed E-state index contributed by atoms with van der Waals surface area (Å²) < 4.78 is 5.46. The van der Waals surface area contributed by atoms with E-state index in [1.807, 2.05) is 6.08 Å². The smallest absolute Gasteiger partial charge is 0.305 e. The third kappa shape index (κ3) is 57.4. The maximum Gasteiger partial charge on any atom is 0.305 e. The minimum Gasteiger partial charge on any atom is -0.466 e. The van der Waals surface area contributed by atoms with Gasteiger partial charge in [-0.05, 0) is 64.2 Å². The number of allylic oxidation sites excluding steroid dienone is 5. The van der Waals surface area contributed by atoms with Crippen LogP contribution in [-0.4, -0.2) is 47.4 Å². The van der Waals surface area contributed by atoms with Gasteiger partial charge in [-0.15, -0.1) is 0 Å². The standard InChI is InChI=1S/C66H125NO5/c1-3-5-7-9-11-13-15-17-19-20-21-22-23-25-28-31-34-38-42-46-50-54-58-64(69)63(62-68)67-65(70)59-55-51-47-43-39-35-32-29-26-24-27-30-33-37-41-45-49-53-57-61-72-66(71)60-56-52-48-44-40-36-18-16-14-12-10-8-6-4-2/h30,33,37,41,54,58,63-64,68-69H,3-29,31-32,34-36,38-40,42-53,55-57,59-62H2,1-2H3,(H,67,70)/b33-30-,41-37-,58-54+. The lowest BCUT2D eigenvalue weighted by molar-refractivity contribution is -0.143. The number of ether oxygens (including phenoxy) is 1. The normalized spacial score (nSPS) is 12.8. The van der Waals surface area contributed by atoms with Crippen molar-refractivity contribution in [3.05, 3.63) is 36.5 Å². The van der Waals surface area contributed by atoms with E-state index in [4.69, 9.17) is 4.74 Å². The Kier molecular flexibility index (Phi) is 60.0. The van der Waals surface area contributed by atoms with Crippen molar-refractivity contribution in [1.29, 1.82) is 0 Å². The van der Waals surface area contributed by atoms with E-state index >= 15 is 0 Å². The monoisotopic (exact) mass is 1010 g/mol. The Bertz CT molecular complexity index is 1170. The number of amides is 1. The van der Waals surface area contributed by atoms with Crippen molar-refractivity contribution >= 4 is 11.9 Å². The first kappa shape index (κ1) is 70.1. The number of aliphatic hydroxyl groups is 2. The SMILES string of the molecule is CCCCCCCCCCCCCCCCCCCCCC/C=C/C(O)C(CO)NC(=O)CCCCCCCCCCCC/C=C\C=C/CCCCCOC(=O)CCCCCCCCCCCCCCCC. The highest BCUT2D eigenvalue weighted by molar-refractivity contribution is 5.76. The zero-order valence-corrected chi connectivity index (χ0v) is 48.4. The van der Waals surface area contributed by atoms with Crippen LogP contribution in [0.1, 0.15) is 348 Å². The van der Waals surface area contributed by atoms with Gasteiger partial charge in [-0.2, -0.15) is 0 Å². The summed E-state index contributed by atoms with van der Waals surface area (Å²) in [4.78, 5) is 24.5. The van der Waals surface area contributed by atoms with Gasteiger partial charge in [0.15, 0.2) is 0 Å². The van der Waals surface area contributed by atoms with Crippen molar-refractivity contribution in [2.24, 2.45) is 0 Å². The summed E-state index contributed by atoms with van der Waals surface area (Å²) in [5.74, 6) is -0.0864. The molecule has 0 aromatic carbocycles. The topological polar surface area (TPSA) is 95.9 Å². The van der Waals surface area contributed by atoms with E-state index in [9.17, 15) is 19.8 Å². The van der Waals surface area contributed by atoms with Gasteiger partial charge in [-0.1, -0.05) is 307 Å². The van der Waals surface area contributed by atoms with Crippen LogP contribution in [0.15, 0.2) is 36.5 Å². The molecule has 424 valence electrons. The van der Waals surface area contributed by atoms with E-state index in [0.717, 1.165) is 77.0 Å². The first-order valence-corrected chi connectivity index (χ1v) is 32.3. The Labute approximate surface area is 449 Å². The molecular weight excluding hydrogens is 887 g/mol. The van der Waals surface area contributed by atoms with Gasteiger partial charge in [0, 0.05) is 12.8 Å². The molecule has 0 aromatic heterocycles. The number of nitrogens with one attached hydrogen (secondary N) is 1. The molecule has 0 aliphatic heterocycles. The van der Waals surface area contributed by atoms with Crippen LogP contribution in [0, 0.1) is 0 Å². The number of unbranched alkanes of at least 4 members (excludes halogenated alkanes) is 46. The predicted octanol–water partition coefficient (Wildman–Crippen LogP) is 20.4. The summed E-state index contributed by atoms with van der Waals surface area (Å²) in [5.41, 5.74) is 0. The molecule has 2 atom stereocenters. The molecule has 0 fully saturated rings. The van der Waals surface area contributed by atoms with E-state index < -0.39 is 12.1 Å². The van der Waals surface area contributed by atoms with Crippen LogP contribution in [0.5, 0.6) is 0 Å². The second-order valence-corrected chi connectivity index (χ2v) is 22.1. The molecule has 0 aliphatic carbocycles. The summed E-state index contributed by atoms with van der Waals surface area (Å²) in [6, 6.07) is -0.637. The fourth-order valence-electron chi connectivity index (χ4n) is 9.98. The van der Waals surface area contributed by atoms with Gasteiger partial charge in [-0.3, -0.25) is 9.59 Å². The second kappa shape index (κ2) is 61.6. The zero-order valence-electron chi connectivity index (χ0n) is 48.4. The Morgan fingerprint density at radius 2 is 0.681 bits per heavy atom. The van der Waals surface area contributed by atoms with Crippen molar-refractivity contribution in [2.75, 3.05) is 13.2 Å². The van der Waals surface area contributed by atoms with Gasteiger partial charge >= 0.3 is 5.97 Å². The van der Waals surface area contributed by atoms with Gasteiger partial charge < -0.3 is 20.3 Å². The van der Waals surface area contributed by atoms with Crippen LogP contribution < -0.4 is 5.32 Å². The van der Waals surface area contributed by atoms with E-state index in [1.165, 1.54) is 244 Å². The van der Waals surface area contributed by atoms with Crippen molar-refractivity contribution in [3.8, 4) is 0 Å². The van der Waals surface area contributed by atoms with Crippen LogP contribution in [0.4, 0.5) is 0 Å². The summed E-state index contributed by atoms with van der Waals surface area (Å²) in [6.07, 6.45) is 77.6. The molecule has 0 saturated carbocycles. The van der Waals surface area contributed by atoms with Crippen LogP contribution in [0.25, 0.3) is 0 Å². The fraction of sp³-hybridized carbons (Fsp3) is 0.879. The molecule has 0 rings (SSSR count). The van der Waals surface area contributed by atoms with Gasteiger partial charge in [0.2, 0.25) is 5.91 Å². The molecule has 0 radical (unpaired) electrons. The molecule has 0 saturated heterocycles. The van der Waals surface area contributed by atoms with Crippen molar-refractivity contribution in [1.82, 2.24) is 5.32 Å². The number of carbonyl (C=O) groups is 2. The summed E-state index contributed by atoms with van der Waals surface area (Å²) in [5, 5.41) is 23.2. The number of esters is 1. The average molecular weight is 1010 g/mol. The van der Waals surface area contributed by atoms with Gasteiger partial charge in [0.25, 0.3) is 0 Å². The average Bonchev–Trinajstić information content (AvgIpc) is 3.38. The van der Waals surface area contributed by atoms with Crippen LogP contribution >= 0.6 is 0 Å². The fourth-order valence-corrected chi connectivity index (χ4v) is 9.98. The van der Waals surface area contributed by atoms with Gasteiger partial charge in [-0.25, -0.2) is 0 Å². The summed E-state index contributed by atoms with van der Waals surface area (Å²) in [7, 11) is 0.